The molecule has 0 spiro atoms. The van der Waals surface area contributed by atoms with E-state index in [-0.39, 0.29) is 5.03 Å². The average molecular weight is 309 g/mol. The molecule has 0 saturated carbocycles. The quantitative estimate of drug-likeness (QED) is 0.712. The maximum atomic E-state index is 12.3. The average Bonchev–Trinajstić information content (AvgIpc) is 2.98. The van der Waals surface area contributed by atoms with Gasteiger partial charge in [-0.1, -0.05) is 0 Å². The molecule has 21 heavy (non-hydrogen) atoms. The lowest BCUT2D eigenvalue weighted by atomic mass is 10.4. The Bertz CT molecular complexity index is 655. The number of nitrogens with zero attached hydrogens (tertiary/aromatic N) is 3. The van der Waals surface area contributed by atoms with Gasteiger partial charge in [0.25, 0.3) is 10.0 Å². The molecule has 0 saturated heterocycles. The van der Waals surface area contributed by atoms with Gasteiger partial charge in [-0.05, 0) is 31.5 Å². The Morgan fingerprint density at radius 3 is 2.86 bits per heavy atom. The Balaban J connectivity index is 1.95. The molecule has 0 fully saturated rings. The van der Waals surface area contributed by atoms with Gasteiger partial charge in [0.15, 0.2) is 5.03 Å². The summed E-state index contributed by atoms with van der Waals surface area (Å²) in [5.41, 5.74) is 0.513. The van der Waals surface area contributed by atoms with Gasteiger partial charge in [-0.15, -0.1) is 0 Å². The van der Waals surface area contributed by atoms with E-state index < -0.39 is 10.0 Å². The summed E-state index contributed by atoms with van der Waals surface area (Å²) < 4.78 is 28.8. The number of sulfonamides is 1. The minimum absolute atomic E-state index is 0.0333. The molecule has 0 radical (unpaired) electrons. The largest absolute Gasteiger partial charge is 0.383 e. The van der Waals surface area contributed by atoms with E-state index in [1.165, 1.54) is 6.20 Å². The molecule has 114 valence electrons. The monoisotopic (exact) mass is 309 g/mol. The van der Waals surface area contributed by atoms with Crippen LogP contribution in [0, 0.1) is 0 Å². The number of rotatable bonds is 8. The fourth-order valence-electron chi connectivity index (χ4n) is 1.88. The lowest BCUT2D eigenvalue weighted by molar-refractivity contribution is 0.551. The first-order chi connectivity index (χ1) is 10.1. The van der Waals surface area contributed by atoms with Gasteiger partial charge in [-0.2, -0.15) is 5.10 Å². The van der Waals surface area contributed by atoms with Gasteiger partial charge < -0.3 is 5.32 Å². The Kier molecular flexibility index (Phi) is 5.29. The van der Waals surface area contributed by atoms with E-state index in [1.54, 1.807) is 23.0 Å². The summed E-state index contributed by atoms with van der Waals surface area (Å²) in [5.74, 6) is 0. The van der Waals surface area contributed by atoms with Crippen molar-refractivity contribution in [2.75, 3.05) is 18.4 Å². The molecule has 0 bridgehead atoms. The first-order valence-corrected chi connectivity index (χ1v) is 8.28. The van der Waals surface area contributed by atoms with Gasteiger partial charge in [-0.25, -0.2) is 18.1 Å². The van der Waals surface area contributed by atoms with Crippen molar-refractivity contribution >= 4 is 15.7 Å². The minimum atomic E-state index is -3.61. The van der Waals surface area contributed by atoms with Crippen molar-refractivity contribution in [2.45, 2.75) is 24.9 Å². The zero-order chi connectivity index (χ0) is 15.1. The second kappa shape index (κ2) is 7.19. The van der Waals surface area contributed by atoms with E-state index in [1.807, 2.05) is 19.2 Å². The van der Waals surface area contributed by atoms with Crippen LogP contribution in [0.2, 0.25) is 0 Å². The first kappa shape index (κ1) is 15.5. The van der Waals surface area contributed by atoms with Crippen LogP contribution in [0.3, 0.4) is 0 Å². The highest BCUT2D eigenvalue weighted by atomic mass is 32.2. The van der Waals surface area contributed by atoms with Crippen molar-refractivity contribution in [3.05, 3.63) is 36.8 Å². The van der Waals surface area contributed by atoms with Crippen molar-refractivity contribution < 1.29 is 8.42 Å². The summed E-state index contributed by atoms with van der Waals surface area (Å²) >= 11 is 0. The number of pyridine rings is 1. The Hall–Kier alpha value is -1.93. The van der Waals surface area contributed by atoms with Crippen molar-refractivity contribution in [3.63, 3.8) is 0 Å². The molecule has 7 nitrogen and oxygen atoms in total. The first-order valence-electron chi connectivity index (χ1n) is 6.79. The zero-order valence-corrected chi connectivity index (χ0v) is 12.7. The van der Waals surface area contributed by atoms with Crippen LogP contribution < -0.4 is 10.0 Å². The molecule has 0 amide bonds. The van der Waals surface area contributed by atoms with Crippen molar-refractivity contribution in [3.8, 4) is 0 Å². The molecule has 8 heteroatoms. The number of hydrogen-bond acceptors (Lipinski definition) is 5. The van der Waals surface area contributed by atoms with Crippen LogP contribution in [0.25, 0.3) is 0 Å². The smallest absolute Gasteiger partial charge is 0.260 e. The van der Waals surface area contributed by atoms with Crippen molar-refractivity contribution in [1.82, 2.24) is 19.5 Å². The predicted molar refractivity (Wildman–Crippen MR) is 80.4 cm³/mol. The van der Waals surface area contributed by atoms with Crippen LogP contribution in [0.4, 0.5) is 5.69 Å². The van der Waals surface area contributed by atoms with Gasteiger partial charge in [-0.3, -0.25) is 4.68 Å². The molecule has 2 N–H and O–H groups in total. The van der Waals surface area contributed by atoms with Gasteiger partial charge in [0.2, 0.25) is 0 Å². The van der Waals surface area contributed by atoms with Crippen LogP contribution in [0.15, 0.2) is 41.8 Å². The number of nitrogens with one attached hydrogen (secondary N) is 2. The van der Waals surface area contributed by atoms with E-state index in [9.17, 15) is 8.42 Å². The second-order valence-electron chi connectivity index (χ2n) is 4.41. The highest BCUT2D eigenvalue weighted by Crippen LogP contribution is 2.17. The summed E-state index contributed by atoms with van der Waals surface area (Å²) in [7, 11) is -3.61. The third kappa shape index (κ3) is 4.27. The van der Waals surface area contributed by atoms with Crippen molar-refractivity contribution in [2.24, 2.45) is 0 Å². The molecule has 0 unspecified atom stereocenters. The van der Waals surface area contributed by atoms with Crippen LogP contribution in [0.1, 0.15) is 13.3 Å². The van der Waals surface area contributed by atoms with E-state index >= 15 is 0 Å². The van der Waals surface area contributed by atoms with Gasteiger partial charge in [0, 0.05) is 38.2 Å². The number of anilines is 1. The molecule has 2 rings (SSSR count). The maximum absolute atomic E-state index is 12.3. The van der Waals surface area contributed by atoms with E-state index in [0.717, 1.165) is 0 Å². The molecule has 0 aromatic carbocycles. The van der Waals surface area contributed by atoms with Crippen LogP contribution >= 0.6 is 0 Å². The van der Waals surface area contributed by atoms with Gasteiger partial charge in [0.1, 0.15) is 0 Å². The third-order valence-corrected chi connectivity index (χ3v) is 4.23. The molecular formula is C13H19N5O2S. The zero-order valence-electron chi connectivity index (χ0n) is 11.9. The van der Waals surface area contributed by atoms with Crippen LogP contribution in [-0.2, 0) is 16.6 Å². The number of hydrogen-bond donors (Lipinski definition) is 2. The third-order valence-electron chi connectivity index (χ3n) is 2.81. The summed E-state index contributed by atoms with van der Waals surface area (Å²) in [6.45, 7) is 3.54. The van der Waals surface area contributed by atoms with E-state index in [4.69, 9.17) is 0 Å². The molecule has 0 atom stereocenters. The standard InChI is InChI=1S/C13H19N5O2S/c1-2-14-12-6-3-7-15-13(12)21(19,20)17-9-5-11-18-10-4-8-16-18/h3-4,6-8,10,14,17H,2,5,9,11H2,1H3. The maximum Gasteiger partial charge on any atom is 0.260 e. The molecule has 0 aliphatic heterocycles. The second-order valence-corrected chi connectivity index (χ2v) is 6.09. The summed E-state index contributed by atoms with van der Waals surface area (Å²) in [6, 6.07) is 5.24. The summed E-state index contributed by atoms with van der Waals surface area (Å²) in [6.07, 6.45) is 5.67. The number of aromatic nitrogens is 3. The van der Waals surface area contributed by atoms with Gasteiger partial charge in [0.05, 0.1) is 5.69 Å². The van der Waals surface area contributed by atoms with Crippen LogP contribution in [0.5, 0.6) is 0 Å². The lowest BCUT2D eigenvalue weighted by Crippen LogP contribution is -2.27. The molecule has 0 aliphatic rings. The SMILES string of the molecule is CCNc1cccnc1S(=O)(=O)NCCCn1cccn1. The Morgan fingerprint density at radius 1 is 1.29 bits per heavy atom. The van der Waals surface area contributed by atoms with Crippen LogP contribution in [-0.4, -0.2) is 36.3 Å². The highest BCUT2D eigenvalue weighted by Gasteiger charge is 2.19. The molecular weight excluding hydrogens is 290 g/mol. The number of aryl methyl sites for hydroxylation is 1. The van der Waals surface area contributed by atoms with E-state index in [2.05, 4.69) is 20.1 Å². The Labute approximate surface area is 124 Å². The topological polar surface area (TPSA) is 88.9 Å². The fourth-order valence-corrected chi connectivity index (χ4v) is 3.06. The summed E-state index contributed by atoms with van der Waals surface area (Å²) in [4.78, 5) is 3.97. The normalized spacial score (nSPS) is 11.5. The summed E-state index contributed by atoms with van der Waals surface area (Å²) in [5, 5.41) is 7.10. The molecule has 2 heterocycles. The lowest BCUT2D eigenvalue weighted by Gasteiger charge is -2.11. The molecule has 0 aliphatic carbocycles. The van der Waals surface area contributed by atoms with Gasteiger partial charge >= 0.3 is 0 Å². The minimum Gasteiger partial charge on any atom is -0.383 e. The van der Waals surface area contributed by atoms with Crippen molar-refractivity contribution in [1.29, 1.82) is 0 Å². The fraction of sp³-hybridized carbons (Fsp3) is 0.385. The molecule has 2 aromatic heterocycles. The van der Waals surface area contributed by atoms with E-state index in [0.29, 0.717) is 31.7 Å². The molecule has 2 aromatic rings. The predicted octanol–water partition coefficient (Wildman–Crippen LogP) is 1.08. The highest BCUT2D eigenvalue weighted by molar-refractivity contribution is 7.89. The Morgan fingerprint density at radius 2 is 2.14 bits per heavy atom.